The van der Waals surface area contributed by atoms with Crippen LogP contribution >= 0.6 is 11.3 Å². The highest BCUT2D eigenvalue weighted by Gasteiger charge is 2.26. The maximum absolute atomic E-state index is 8.70. The van der Waals surface area contributed by atoms with Crippen LogP contribution in [0.2, 0.25) is 0 Å². The predicted octanol–water partition coefficient (Wildman–Crippen LogP) is 1.13. The standard InChI is InChI=1S/C10H13N3S/c11-3-5-13-4-1-10-8(2-6-14-10)9(13)7-12/h2,6,9H,1,4-5,7,12H2. The van der Waals surface area contributed by atoms with E-state index in [0.717, 1.165) is 13.0 Å². The van der Waals surface area contributed by atoms with Crippen LogP contribution in [0.25, 0.3) is 0 Å². The van der Waals surface area contributed by atoms with Crippen LogP contribution in [0.1, 0.15) is 16.5 Å². The number of nitriles is 1. The summed E-state index contributed by atoms with van der Waals surface area (Å²) >= 11 is 1.80. The summed E-state index contributed by atoms with van der Waals surface area (Å²) in [6, 6.07) is 4.59. The summed E-state index contributed by atoms with van der Waals surface area (Å²) in [6.07, 6.45) is 1.06. The van der Waals surface area contributed by atoms with Crippen LogP contribution in [-0.2, 0) is 6.42 Å². The second-order valence-electron chi connectivity index (χ2n) is 3.43. The lowest BCUT2D eigenvalue weighted by Gasteiger charge is -2.33. The molecule has 1 aromatic rings. The molecule has 0 radical (unpaired) electrons. The van der Waals surface area contributed by atoms with E-state index in [1.54, 1.807) is 11.3 Å². The lowest BCUT2D eigenvalue weighted by molar-refractivity contribution is 0.215. The van der Waals surface area contributed by atoms with Crippen molar-refractivity contribution in [2.24, 2.45) is 5.73 Å². The molecule has 0 spiro atoms. The topological polar surface area (TPSA) is 53.0 Å². The number of hydrogen-bond donors (Lipinski definition) is 1. The Hall–Kier alpha value is -0.890. The maximum Gasteiger partial charge on any atom is 0.0871 e. The van der Waals surface area contributed by atoms with Crippen LogP contribution in [0.4, 0.5) is 0 Å². The van der Waals surface area contributed by atoms with E-state index >= 15 is 0 Å². The number of nitrogens with two attached hydrogens (primary N) is 1. The first-order valence-electron chi connectivity index (χ1n) is 4.74. The van der Waals surface area contributed by atoms with Crippen molar-refractivity contribution in [1.82, 2.24) is 4.90 Å². The van der Waals surface area contributed by atoms with Crippen molar-refractivity contribution in [3.8, 4) is 6.07 Å². The van der Waals surface area contributed by atoms with Crippen molar-refractivity contribution in [2.45, 2.75) is 12.5 Å². The molecule has 1 aromatic heterocycles. The van der Waals surface area contributed by atoms with Crippen LogP contribution in [0, 0.1) is 11.3 Å². The molecule has 74 valence electrons. The summed E-state index contributed by atoms with van der Waals surface area (Å²) in [6.45, 7) is 2.05. The van der Waals surface area contributed by atoms with Crippen LogP contribution in [-0.4, -0.2) is 24.5 Å². The molecule has 0 bridgehead atoms. The van der Waals surface area contributed by atoms with Gasteiger partial charge >= 0.3 is 0 Å². The van der Waals surface area contributed by atoms with Crippen LogP contribution in [0.3, 0.4) is 0 Å². The number of thiophene rings is 1. The van der Waals surface area contributed by atoms with Crippen molar-refractivity contribution in [1.29, 1.82) is 5.26 Å². The highest BCUT2D eigenvalue weighted by Crippen LogP contribution is 2.31. The Labute approximate surface area is 87.7 Å². The quantitative estimate of drug-likeness (QED) is 0.740. The number of hydrogen-bond acceptors (Lipinski definition) is 4. The molecule has 2 heterocycles. The van der Waals surface area contributed by atoms with Gasteiger partial charge in [-0.2, -0.15) is 5.26 Å². The maximum atomic E-state index is 8.70. The van der Waals surface area contributed by atoms with Crippen molar-refractivity contribution in [3.63, 3.8) is 0 Å². The van der Waals surface area contributed by atoms with Crippen molar-refractivity contribution in [2.75, 3.05) is 19.6 Å². The molecule has 0 fully saturated rings. The second-order valence-corrected chi connectivity index (χ2v) is 4.43. The van der Waals surface area contributed by atoms with Crippen LogP contribution < -0.4 is 5.73 Å². The Bertz CT molecular complexity index is 352. The third kappa shape index (κ3) is 1.55. The molecule has 3 nitrogen and oxygen atoms in total. The molecule has 1 unspecified atom stereocenters. The minimum absolute atomic E-state index is 0.254. The Morgan fingerprint density at radius 3 is 3.29 bits per heavy atom. The molecule has 2 rings (SSSR count). The number of fused-ring (bicyclic) bond motifs is 1. The number of nitrogens with zero attached hydrogens (tertiary/aromatic N) is 2. The van der Waals surface area contributed by atoms with Gasteiger partial charge in [-0.05, 0) is 23.4 Å². The molecule has 0 aliphatic carbocycles. The Morgan fingerprint density at radius 2 is 2.57 bits per heavy atom. The van der Waals surface area contributed by atoms with E-state index in [4.69, 9.17) is 11.0 Å². The van der Waals surface area contributed by atoms with E-state index in [0.29, 0.717) is 13.1 Å². The lowest BCUT2D eigenvalue weighted by Crippen LogP contribution is -2.38. The molecule has 1 atom stereocenters. The zero-order valence-corrected chi connectivity index (χ0v) is 8.76. The van der Waals surface area contributed by atoms with Crippen molar-refractivity contribution in [3.05, 3.63) is 21.9 Å². The number of rotatable bonds is 2. The van der Waals surface area contributed by atoms with Gasteiger partial charge in [0, 0.05) is 24.0 Å². The van der Waals surface area contributed by atoms with Gasteiger partial charge in [0.1, 0.15) is 0 Å². The summed E-state index contributed by atoms with van der Waals surface area (Å²) in [5.74, 6) is 0. The Morgan fingerprint density at radius 1 is 1.71 bits per heavy atom. The lowest BCUT2D eigenvalue weighted by atomic mass is 10.0. The van der Waals surface area contributed by atoms with Gasteiger partial charge in [-0.3, -0.25) is 4.90 Å². The second kappa shape index (κ2) is 4.09. The van der Waals surface area contributed by atoms with E-state index in [1.807, 2.05) is 0 Å². The fourth-order valence-corrected chi connectivity index (χ4v) is 2.93. The SMILES string of the molecule is N#CCN1CCc2sccc2C1CN. The molecular weight excluding hydrogens is 194 g/mol. The molecule has 14 heavy (non-hydrogen) atoms. The molecule has 0 saturated heterocycles. The highest BCUT2D eigenvalue weighted by molar-refractivity contribution is 7.10. The van der Waals surface area contributed by atoms with Crippen molar-refractivity contribution >= 4 is 11.3 Å². The van der Waals surface area contributed by atoms with E-state index in [2.05, 4.69) is 22.4 Å². The smallest absolute Gasteiger partial charge is 0.0871 e. The average Bonchev–Trinajstić information content (AvgIpc) is 2.66. The molecule has 0 saturated carbocycles. The monoisotopic (exact) mass is 207 g/mol. The van der Waals surface area contributed by atoms with Gasteiger partial charge < -0.3 is 5.73 Å². The summed E-state index contributed by atoms with van der Waals surface area (Å²) in [4.78, 5) is 3.60. The molecular formula is C10H13N3S. The normalized spacial score (nSPS) is 21.6. The average molecular weight is 207 g/mol. The third-order valence-electron chi connectivity index (χ3n) is 2.70. The summed E-state index contributed by atoms with van der Waals surface area (Å²) in [7, 11) is 0. The van der Waals surface area contributed by atoms with Crippen LogP contribution in [0.5, 0.6) is 0 Å². The summed E-state index contributed by atoms with van der Waals surface area (Å²) in [5, 5.41) is 10.8. The third-order valence-corrected chi connectivity index (χ3v) is 3.70. The molecule has 0 amide bonds. The van der Waals surface area contributed by atoms with E-state index in [9.17, 15) is 0 Å². The van der Waals surface area contributed by atoms with E-state index in [-0.39, 0.29) is 6.04 Å². The zero-order valence-electron chi connectivity index (χ0n) is 7.94. The minimum atomic E-state index is 0.254. The molecule has 1 aliphatic heterocycles. The molecule has 4 heteroatoms. The Balaban J connectivity index is 2.25. The van der Waals surface area contributed by atoms with Gasteiger partial charge in [0.25, 0.3) is 0 Å². The fourth-order valence-electron chi connectivity index (χ4n) is 2.00. The largest absolute Gasteiger partial charge is 0.329 e. The minimum Gasteiger partial charge on any atom is -0.329 e. The van der Waals surface area contributed by atoms with Gasteiger partial charge in [0.2, 0.25) is 0 Å². The van der Waals surface area contributed by atoms with E-state index in [1.165, 1.54) is 10.4 Å². The van der Waals surface area contributed by atoms with Gasteiger partial charge in [0.15, 0.2) is 0 Å². The van der Waals surface area contributed by atoms with Gasteiger partial charge in [-0.25, -0.2) is 0 Å². The van der Waals surface area contributed by atoms with Crippen LogP contribution in [0.15, 0.2) is 11.4 Å². The predicted molar refractivity (Wildman–Crippen MR) is 57.0 cm³/mol. The first kappa shape index (κ1) is 9.66. The summed E-state index contributed by atoms with van der Waals surface area (Å²) < 4.78 is 0. The van der Waals surface area contributed by atoms with Gasteiger partial charge in [0.05, 0.1) is 12.6 Å². The fraction of sp³-hybridized carbons (Fsp3) is 0.500. The first-order chi connectivity index (χ1) is 6.86. The zero-order chi connectivity index (χ0) is 9.97. The highest BCUT2D eigenvalue weighted by atomic mass is 32.1. The molecule has 0 aromatic carbocycles. The molecule has 1 aliphatic rings. The van der Waals surface area contributed by atoms with Crippen molar-refractivity contribution < 1.29 is 0 Å². The van der Waals surface area contributed by atoms with E-state index < -0.39 is 0 Å². The first-order valence-corrected chi connectivity index (χ1v) is 5.62. The summed E-state index contributed by atoms with van der Waals surface area (Å²) in [5.41, 5.74) is 7.08. The Kier molecular flexibility index (Phi) is 2.82. The molecule has 2 N–H and O–H groups in total. The van der Waals surface area contributed by atoms with Gasteiger partial charge in [-0.15, -0.1) is 11.3 Å². The van der Waals surface area contributed by atoms with Gasteiger partial charge in [-0.1, -0.05) is 0 Å².